The van der Waals surface area contributed by atoms with Crippen molar-refractivity contribution in [3.8, 4) is 11.1 Å². The first-order valence-corrected chi connectivity index (χ1v) is 8.79. The van der Waals surface area contributed by atoms with Crippen LogP contribution in [0.15, 0.2) is 55.0 Å². The lowest BCUT2D eigenvalue weighted by atomic mass is 10.0. The Labute approximate surface area is 154 Å². The van der Waals surface area contributed by atoms with Gasteiger partial charge in [0.05, 0.1) is 11.7 Å². The number of pyridine rings is 1. The second-order valence-electron chi connectivity index (χ2n) is 6.51. The Kier molecular flexibility index (Phi) is 5.16. The number of aromatic nitrogens is 3. The van der Waals surface area contributed by atoms with Gasteiger partial charge in [0.15, 0.2) is 0 Å². The molecule has 0 saturated carbocycles. The first-order valence-electron chi connectivity index (χ1n) is 8.79. The summed E-state index contributed by atoms with van der Waals surface area (Å²) in [4.78, 5) is 18.9. The molecular formula is C21H24N4O. The Bertz CT molecular complexity index is 884. The van der Waals surface area contributed by atoms with E-state index in [9.17, 15) is 4.79 Å². The van der Waals surface area contributed by atoms with E-state index in [2.05, 4.69) is 17.0 Å². The van der Waals surface area contributed by atoms with Crippen LogP contribution in [0.25, 0.3) is 11.1 Å². The van der Waals surface area contributed by atoms with Crippen molar-refractivity contribution in [2.75, 3.05) is 7.05 Å². The molecule has 1 amide bonds. The van der Waals surface area contributed by atoms with E-state index in [1.807, 2.05) is 69.8 Å². The second kappa shape index (κ2) is 7.52. The molecule has 0 saturated heterocycles. The summed E-state index contributed by atoms with van der Waals surface area (Å²) in [5.41, 5.74) is 4.86. The number of benzene rings is 1. The number of carbonyl (C=O) groups is 1. The lowest BCUT2D eigenvalue weighted by Gasteiger charge is -2.27. The molecule has 3 aromatic rings. The maximum absolute atomic E-state index is 12.9. The van der Waals surface area contributed by atoms with Gasteiger partial charge in [0.1, 0.15) is 0 Å². The first kappa shape index (κ1) is 17.9. The highest BCUT2D eigenvalue weighted by Gasteiger charge is 2.21. The Morgan fingerprint density at radius 3 is 2.50 bits per heavy atom. The normalized spacial score (nSPS) is 12.0. The Morgan fingerprint density at radius 2 is 1.96 bits per heavy atom. The third kappa shape index (κ3) is 3.52. The molecule has 0 radical (unpaired) electrons. The smallest absolute Gasteiger partial charge is 0.254 e. The highest BCUT2D eigenvalue weighted by molar-refractivity contribution is 5.94. The number of aryl methyl sites for hydroxylation is 2. The zero-order chi connectivity index (χ0) is 18.7. The second-order valence-corrected chi connectivity index (χ2v) is 6.51. The fourth-order valence-electron chi connectivity index (χ4n) is 3.33. The van der Waals surface area contributed by atoms with Crippen molar-refractivity contribution in [2.24, 2.45) is 7.05 Å². The molecule has 1 atom stereocenters. The lowest BCUT2D eigenvalue weighted by molar-refractivity contribution is 0.0726. The molecule has 0 aliphatic rings. The number of hydrogen-bond acceptors (Lipinski definition) is 3. The zero-order valence-electron chi connectivity index (χ0n) is 15.7. The van der Waals surface area contributed by atoms with Crippen LogP contribution in [-0.2, 0) is 7.05 Å². The summed E-state index contributed by atoms with van der Waals surface area (Å²) in [5.74, 6) is 0.00941. The Morgan fingerprint density at radius 1 is 1.23 bits per heavy atom. The largest absolute Gasteiger partial charge is 0.335 e. The molecular weight excluding hydrogens is 324 g/mol. The molecule has 0 aliphatic heterocycles. The van der Waals surface area contributed by atoms with Crippen LogP contribution in [0.4, 0.5) is 0 Å². The molecule has 0 unspecified atom stereocenters. The molecule has 1 aromatic carbocycles. The van der Waals surface area contributed by atoms with Gasteiger partial charge in [-0.3, -0.25) is 14.5 Å². The van der Waals surface area contributed by atoms with Gasteiger partial charge in [-0.1, -0.05) is 25.1 Å². The van der Waals surface area contributed by atoms with E-state index in [0.717, 1.165) is 28.8 Å². The molecule has 0 bridgehead atoms. The molecule has 5 heteroatoms. The SMILES string of the molecule is CC[C@H](c1cccnc1)N(C)C(=O)c1ccc(-c2cn(C)nc2C)cc1. The Balaban J connectivity index is 1.82. The average molecular weight is 348 g/mol. The summed E-state index contributed by atoms with van der Waals surface area (Å²) >= 11 is 0. The van der Waals surface area contributed by atoms with Crippen molar-refractivity contribution in [3.63, 3.8) is 0 Å². The lowest BCUT2D eigenvalue weighted by Crippen LogP contribution is -2.31. The van der Waals surface area contributed by atoms with E-state index in [1.165, 1.54) is 0 Å². The van der Waals surface area contributed by atoms with Crippen molar-refractivity contribution in [1.29, 1.82) is 0 Å². The molecule has 26 heavy (non-hydrogen) atoms. The molecule has 2 aromatic heterocycles. The molecule has 0 N–H and O–H groups in total. The summed E-state index contributed by atoms with van der Waals surface area (Å²) < 4.78 is 1.80. The fourth-order valence-corrected chi connectivity index (χ4v) is 3.33. The molecule has 134 valence electrons. The maximum Gasteiger partial charge on any atom is 0.254 e. The van der Waals surface area contributed by atoms with Crippen LogP contribution in [0, 0.1) is 6.92 Å². The highest BCUT2D eigenvalue weighted by Crippen LogP contribution is 2.26. The minimum atomic E-state index is 0.00941. The molecule has 0 spiro atoms. The molecule has 0 aliphatic carbocycles. The summed E-state index contributed by atoms with van der Waals surface area (Å²) in [6.45, 7) is 4.07. The molecule has 5 nitrogen and oxygen atoms in total. The number of amides is 1. The van der Waals surface area contributed by atoms with Crippen molar-refractivity contribution in [2.45, 2.75) is 26.3 Å². The number of rotatable bonds is 5. The summed E-state index contributed by atoms with van der Waals surface area (Å²) in [6, 6.07) is 11.7. The number of hydrogen-bond donors (Lipinski definition) is 0. The maximum atomic E-state index is 12.9. The van der Waals surface area contributed by atoms with Crippen LogP contribution < -0.4 is 0 Å². The fraction of sp³-hybridized carbons (Fsp3) is 0.286. The van der Waals surface area contributed by atoms with E-state index < -0.39 is 0 Å². The summed E-state index contributed by atoms with van der Waals surface area (Å²) in [5, 5.41) is 4.38. The standard InChI is InChI=1S/C21H24N4O/c1-5-20(18-7-6-12-22-13-18)25(4)21(26)17-10-8-16(9-11-17)19-14-24(3)23-15(19)2/h6-14,20H,5H2,1-4H3/t20-/m1/s1. The van der Waals surface area contributed by atoms with Gasteiger partial charge in [-0.25, -0.2) is 0 Å². The third-order valence-electron chi connectivity index (χ3n) is 4.70. The predicted octanol–water partition coefficient (Wildman–Crippen LogP) is 4.01. The van der Waals surface area contributed by atoms with Crippen LogP contribution in [0.1, 0.15) is 41.0 Å². The van der Waals surface area contributed by atoms with Crippen LogP contribution in [0.2, 0.25) is 0 Å². The van der Waals surface area contributed by atoms with Crippen LogP contribution in [-0.4, -0.2) is 32.6 Å². The summed E-state index contributed by atoms with van der Waals surface area (Å²) in [7, 11) is 3.76. The van der Waals surface area contributed by atoms with E-state index in [4.69, 9.17) is 0 Å². The minimum absolute atomic E-state index is 0.00941. The van der Waals surface area contributed by atoms with Gasteiger partial charge in [0.25, 0.3) is 5.91 Å². The van der Waals surface area contributed by atoms with Crippen LogP contribution >= 0.6 is 0 Å². The van der Waals surface area contributed by atoms with E-state index in [-0.39, 0.29) is 11.9 Å². The van der Waals surface area contributed by atoms with E-state index in [1.54, 1.807) is 15.8 Å². The zero-order valence-corrected chi connectivity index (χ0v) is 15.7. The first-order chi connectivity index (χ1) is 12.5. The Hall–Kier alpha value is -2.95. The van der Waals surface area contributed by atoms with Gasteiger partial charge in [0, 0.05) is 43.8 Å². The quantitative estimate of drug-likeness (QED) is 0.700. The minimum Gasteiger partial charge on any atom is -0.335 e. The molecule has 2 heterocycles. The van der Waals surface area contributed by atoms with Crippen molar-refractivity contribution in [3.05, 3.63) is 71.8 Å². The van der Waals surface area contributed by atoms with Gasteiger partial charge < -0.3 is 4.90 Å². The number of carbonyl (C=O) groups excluding carboxylic acids is 1. The number of nitrogens with zero attached hydrogens (tertiary/aromatic N) is 4. The van der Waals surface area contributed by atoms with Gasteiger partial charge in [-0.15, -0.1) is 0 Å². The van der Waals surface area contributed by atoms with Gasteiger partial charge in [-0.2, -0.15) is 5.10 Å². The van der Waals surface area contributed by atoms with Crippen molar-refractivity contribution < 1.29 is 4.79 Å². The molecule has 3 rings (SSSR count). The van der Waals surface area contributed by atoms with Gasteiger partial charge in [-0.05, 0) is 42.7 Å². The molecule has 0 fully saturated rings. The third-order valence-corrected chi connectivity index (χ3v) is 4.70. The van der Waals surface area contributed by atoms with Crippen LogP contribution in [0.5, 0.6) is 0 Å². The average Bonchev–Trinajstić information content (AvgIpc) is 3.01. The van der Waals surface area contributed by atoms with Gasteiger partial charge in [0.2, 0.25) is 0 Å². The topological polar surface area (TPSA) is 51.0 Å². The van der Waals surface area contributed by atoms with E-state index in [0.29, 0.717) is 5.56 Å². The highest BCUT2D eigenvalue weighted by atomic mass is 16.2. The van der Waals surface area contributed by atoms with Crippen molar-refractivity contribution >= 4 is 5.91 Å². The monoisotopic (exact) mass is 348 g/mol. The van der Waals surface area contributed by atoms with Crippen LogP contribution in [0.3, 0.4) is 0 Å². The van der Waals surface area contributed by atoms with Gasteiger partial charge >= 0.3 is 0 Å². The summed E-state index contributed by atoms with van der Waals surface area (Å²) in [6.07, 6.45) is 6.40. The predicted molar refractivity (Wildman–Crippen MR) is 103 cm³/mol. The van der Waals surface area contributed by atoms with E-state index >= 15 is 0 Å². The van der Waals surface area contributed by atoms with Crippen molar-refractivity contribution in [1.82, 2.24) is 19.7 Å².